The number of hydrogen-bond donors (Lipinski definition) is 3. The number of nitrogens with one attached hydrogen (secondary N) is 2. The molecule has 0 radical (unpaired) electrons. The monoisotopic (exact) mass is 480 g/mol. The van der Waals surface area contributed by atoms with Crippen LogP contribution in [0.1, 0.15) is 56.1 Å². The highest BCUT2D eigenvalue weighted by atomic mass is 16.5. The number of carboxylic acids is 1. The summed E-state index contributed by atoms with van der Waals surface area (Å²) in [6, 6.07) is 15.7. The summed E-state index contributed by atoms with van der Waals surface area (Å²) in [7, 11) is 0. The van der Waals surface area contributed by atoms with Crippen LogP contribution in [0, 0.1) is 0 Å². The second kappa shape index (κ2) is 10.9. The molecule has 1 aliphatic carbocycles. The van der Waals surface area contributed by atoms with Gasteiger partial charge in [0.2, 0.25) is 5.91 Å². The Hall–Kier alpha value is -3.39. The van der Waals surface area contributed by atoms with Crippen LogP contribution in [0.25, 0.3) is 11.1 Å². The van der Waals surface area contributed by atoms with Crippen molar-refractivity contribution in [3.8, 4) is 11.1 Å². The third-order valence-corrected chi connectivity index (χ3v) is 6.86. The predicted octanol–water partition coefficient (Wildman–Crippen LogP) is 3.83. The van der Waals surface area contributed by atoms with E-state index in [0.29, 0.717) is 19.6 Å². The summed E-state index contributed by atoms with van der Waals surface area (Å²) in [4.78, 5) is 37.4. The third kappa shape index (κ3) is 5.48. The number of alkyl carbamates (subject to hydrolysis) is 1. The van der Waals surface area contributed by atoms with Gasteiger partial charge in [0, 0.05) is 38.0 Å². The fraction of sp³-hybridized carbons (Fsp3) is 0.444. The second-order valence-corrected chi connectivity index (χ2v) is 9.20. The Kier molecular flexibility index (Phi) is 7.70. The molecule has 4 rings (SSSR count). The fourth-order valence-corrected chi connectivity index (χ4v) is 5.07. The molecule has 1 atom stereocenters. The molecule has 1 heterocycles. The van der Waals surface area contributed by atoms with E-state index < -0.39 is 29.6 Å². The van der Waals surface area contributed by atoms with Gasteiger partial charge in [0.05, 0.1) is 6.42 Å². The van der Waals surface area contributed by atoms with Gasteiger partial charge in [-0.2, -0.15) is 0 Å². The number of carboxylic acid groups (broad SMARTS) is 1. The van der Waals surface area contributed by atoms with Crippen LogP contribution in [0.15, 0.2) is 48.5 Å². The van der Waals surface area contributed by atoms with Crippen molar-refractivity contribution in [1.82, 2.24) is 10.6 Å². The maximum atomic E-state index is 13.3. The largest absolute Gasteiger partial charge is 0.481 e. The van der Waals surface area contributed by atoms with Gasteiger partial charge >= 0.3 is 12.1 Å². The van der Waals surface area contributed by atoms with Gasteiger partial charge < -0.3 is 25.2 Å². The molecule has 186 valence electrons. The lowest BCUT2D eigenvalue weighted by atomic mass is 9.88. The number of amides is 2. The summed E-state index contributed by atoms with van der Waals surface area (Å²) < 4.78 is 11.1. The van der Waals surface area contributed by atoms with Crippen LogP contribution in [0.2, 0.25) is 0 Å². The third-order valence-electron chi connectivity index (χ3n) is 6.86. The van der Waals surface area contributed by atoms with Crippen molar-refractivity contribution in [3.63, 3.8) is 0 Å². The van der Waals surface area contributed by atoms with E-state index in [2.05, 4.69) is 22.8 Å². The Labute approximate surface area is 205 Å². The van der Waals surface area contributed by atoms with Crippen molar-refractivity contribution in [1.29, 1.82) is 0 Å². The molecule has 3 N–H and O–H groups in total. The highest BCUT2D eigenvalue weighted by Gasteiger charge is 2.43. The number of ether oxygens (including phenoxy) is 2. The van der Waals surface area contributed by atoms with E-state index in [4.69, 9.17) is 9.47 Å². The molecule has 0 spiro atoms. The zero-order valence-corrected chi connectivity index (χ0v) is 19.9. The number of rotatable bonds is 9. The van der Waals surface area contributed by atoms with Gasteiger partial charge in [-0.1, -0.05) is 61.9 Å². The maximum Gasteiger partial charge on any atom is 0.408 e. The lowest BCUT2D eigenvalue weighted by Gasteiger charge is -2.37. The molecule has 1 fully saturated rings. The summed E-state index contributed by atoms with van der Waals surface area (Å²) in [6.07, 6.45) is 0.999. The number of fused-ring (bicyclic) bond motifs is 3. The summed E-state index contributed by atoms with van der Waals surface area (Å²) in [5.41, 5.74) is 3.29. The Morgan fingerprint density at radius 3 is 2.23 bits per heavy atom. The van der Waals surface area contributed by atoms with Crippen molar-refractivity contribution >= 4 is 18.0 Å². The van der Waals surface area contributed by atoms with E-state index in [9.17, 15) is 19.5 Å². The normalized spacial score (nSPS) is 17.1. The molecule has 8 nitrogen and oxygen atoms in total. The summed E-state index contributed by atoms with van der Waals surface area (Å²) >= 11 is 0. The Bertz CT molecular complexity index is 1030. The molecule has 0 bridgehead atoms. The molecule has 2 aliphatic rings. The van der Waals surface area contributed by atoms with Gasteiger partial charge in [-0.25, -0.2) is 4.79 Å². The van der Waals surface area contributed by atoms with E-state index in [1.807, 2.05) is 43.3 Å². The standard InChI is InChI=1S/C27H32N2O6/c1-2-7-18(16-24(30)31)28-25(32)27(12-14-34-15-13-27)29-26(33)35-17-23-21-10-5-3-8-19(21)20-9-4-6-11-22(20)23/h3-6,8-11,18,23H,2,7,12-17H2,1H3,(H,28,32)(H,29,33)(H,30,31)/t18-/m1/s1. The molecule has 2 amide bonds. The van der Waals surface area contributed by atoms with Gasteiger partial charge in [-0.3, -0.25) is 9.59 Å². The molecular formula is C27H32N2O6. The van der Waals surface area contributed by atoms with Crippen LogP contribution in [0.3, 0.4) is 0 Å². The Balaban J connectivity index is 1.45. The van der Waals surface area contributed by atoms with E-state index in [1.54, 1.807) is 0 Å². The molecule has 1 aliphatic heterocycles. The average Bonchev–Trinajstić information content (AvgIpc) is 3.17. The van der Waals surface area contributed by atoms with Crippen LogP contribution in [-0.2, 0) is 19.1 Å². The quantitative estimate of drug-likeness (QED) is 0.503. The first-order chi connectivity index (χ1) is 16.9. The van der Waals surface area contributed by atoms with Crippen molar-refractivity contribution in [2.24, 2.45) is 0 Å². The van der Waals surface area contributed by atoms with Gasteiger partial charge in [0.25, 0.3) is 0 Å². The van der Waals surface area contributed by atoms with Crippen molar-refractivity contribution in [3.05, 3.63) is 59.7 Å². The zero-order valence-electron chi connectivity index (χ0n) is 19.9. The number of hydrogen-bond acceptors (Lipinski definition) is 5. The maximum absolute atomic E-state index is 13.3. The van der Waals surface area contributed by atoms with Crippen LogP contribution in [-0.4, -0.2) is 54.5 Å². The highest BCUT2D eigenvalue weighted by Crippen LogP contribution is 2.44. The minimum absolute atomic E-state index is 0.0860. The molecule has 2 aromatic carbocycles. The summed E-state index contributed by atoms with van der Waals surface area (Å²) in [5.74, 6) is -1.46. The van der Waals surface area contributed by atoms with Gasteiger partial charge in [0.15, 0.2) is 0 Å². The first-order valence-corrected chi connectivity index (χ1v) is 12.2. The van der Waals surface area contributed by atoms with Crippen molar-refractivity contribution in [2.75, 3.05) is 19.8 Å². The van der Waals surface area contributed by atoms with Crippen molar-refractivity contribution in [2.45, 2.75) is 56.5 Å². The Morgan fingerprint density at radius 2 is 1.66 bits per heavy atom. The molecule has 0 unspecified atom stereocenters. The summed E-state index contributed by atoms with van der Waals surface area (Å²) in [5, 5.41) is 14.8. The number of benzene rings is 2. The highest BCUT2D eigenvalue weighted by molar-refractivity contribution is 5.90. The predicted molar refractivity (Wildman–Crippen MR) is 130 cm³/mol. The second-order valence-electron chi connectivity index (χ2n) is 9.20. The van der Waals surface area contributed by atoms with Gasteiger partial charge in [0.1, 0.15) is 12.1 Å². The van der Waals surface area contributed by atoms with Crippen LogP contribution in [0.4, 0.5) is 4.79 Å². The minimum atomic E-state index is -1.20. The lowest BCUT2D eigenvalue weighted by Crippen LogP contribution is -2.62. The fourth-order valence-electron chi connectivity index (χ4n) is 5.07. The lowest BCUT2D eigenvalue weighted by molar-refractivity contribution is -0.138. The molecule has 8 heteroatoms. The number of carbonyl (C=O) groups is 3. The molecule has 0 aromatic heterocycles. The first kappa shape index (κ1) is 24.7. The zero-order chi connectivity index (χ0) is 24.8. The smallest absolute Gasteiger partial charge is 0.408 e. The SMILES string of the molecule is CCC[C@H](CC(=O)O)NC(=O)C1(NC(=O)OCC2c3ccccc3-c3ccccc32)CCOCC1. The molecule has 1 saturated heterocycles. The van der Waals surface area contributed by atoms with Gasteiger partial charge in [-0.15, -0.1) is 0 Å². The van der Waals surface area contributed by atoms with Crippen LogP contribution >= 0.6 is 0 Å². The van der Waals surface area contributed by atoms with E-state index in [0.717, 1.165) is 28.7 Å². The average molecular weight is 481 g/mol. The first-order valence-electron chi connectivity index (χ1n) is 12.2. The van der Waals surface area contributed by atoms with E-state index >= 15 is 0 Å². The molecule has 0 saturated carbocycles. The van der Waals surface area contributed by atoms with E-state index in [1.165, 1.54) is 0 Å². The molecular weight excluding hydrogens is 448 g/mol. The number of aliphatic carboxylic acids is 1. The van der Waals surface area contributed by atoms with Crippen LogP contribution in [0.5, 0.6) is 0 Å². The van der Waals surface area contributed by atoms with E-state index in [-0.39, 0.29) is 31.8 Å². The molecule has 35 heavy (non-hydrogen) atoms. The Morgan fingerprint density at radius 1 is 1.06 bits per heavy atom. The van der Waals surface area contributed by atoms with Gasteiger partial charge in [-0.05, 0) is 28.7 Å². The minimum Gasteiger partial charge on any atom is -0.481 e. The van der Waals surface area contributed by atoms with Crippen molar-refractivity contribution < 1.29 is 29.0 Å². The summed E-state index contributed by atoms with van der Waals surface area (Å²) in [6.45, 7) is 2.70. The number of carbonyl (C=O) groups excluding carboxylic acids is 2. The topological polar surface area (TPSA) is 114 Å². The van der Waals surface area contributed by atoms with Crippen LogP contribution < -0.4 is 10.6 Å². The molecule has 2 aromatic rings.